The molecule has 0 saturated carbocycles. The summed E-state index contributed by atoms with van der Waals surface area (Å²) in [5, 5.41) is 14.5. The zero-order valence-corrected chi connectivity index (χ0v) is 15.3. The number of anilines is 1. The van der Waals surface area contributed by atoms with Crippen molar-refractivity contribution in [3.8, 4) is 0 Å². The van der Waals surface area contributed by atoms with Gasteiger partial charge in [-0.3, -0.25) is 0 Å². The Hall–Kier alpha value is -2.75. The Bertz CT molecular complexity index is 987. The van der Waals surface area contributed by atoms with E-state index < -0.39 is 26.5 Å². The van der Waals surface area contributed by atoms with Gasteiger partial charge in [0.1, 0.15) is 0 Å². The van der Waals surface area contributed by atoms with Crippen LogP contribution in [-0.2, 0) is 22.6 Å². The summed E-state index contributed by atoms with van der Waals surface area (Å²) in [6.07, 6.45) is -3.86. The van der Waals surface area contributed by atoms with Gasteiger partial charge in [-0.2, -0.15) is 13.2 Å². The van der Waals surface area contributed by atoms with Crippen LogP contribution in [0.5, 0.6) is 0 Å². The van der Waals surface area contributed by atoms with Crippen molar-refractivity contribution in [2.75, 3.05) is 11.6 Å². The molecule has 2 aromatic rings. The summed E-state index contributed by atoms with van der Waals surface area (Å²) in [6, 6.07) is 7.73. The number of hydrogen-bond donors (Lipinski definition) is 3. The van der Waals surface area contributed by atoms with E-state index in [0.29, 0.717) is 17.3 Å². The highest BCUT2D eigenvalue weighted by Crippen LogP contribution is 2.34. The van der Waals surface area contributed by atoms with E-state index in [0.717, 1.165) is 24.0 Å². The van der Waals surface area contributed by atoms with E-state index in [4.69, 9.17) is 10.9 Å². The molecule has 0 aliphatic rings. The zero-order chi connectivity index (χ0) is 20.4. The third-order valence-corrected chi connectivity index (χ3v) is 5.04. The number of hydrogen-bond acceptors (Lipinski definition) is 5. The molecule has 27 heavy (non-hydrogen) atoms. The van der Waals surface area contributed by atoms with Crippen LogP contribution in [0, 0.1) is 6.92 Å². The molecule has 0 aliphatic carbocycles. The van der Waals surface area contributed by atoms with Gasteiger partial charge in [-0.05, 0) is 36.2 Å². The SMILES string of the molecule is Cc1ccc(C(N)=NO)cc1NCc1ccc(S(C)(=O)=O)cc1C(F)(F)F. The minimum atomic E-state index is -4.71. The van der Waals surface area contributed by atoms with E-state index in [1.165, 1.54) is 0 Å². The summed E-state index contributed by atoms with van der Waals surface area (Å²) in [5.41, 5.74) is 6.03. The van der Waals surface area contributed by atoms with Gasteiger partial charge in [0.2, 0.25) is 0 Å². The lowest BCUT2D eigenvalue weighted by Gasteiger charge is -2.16. The van der Waals surface area contributed by atoms with Gasteiger partial charge in [0, 0.05) is 24.1 Å². The smallest absolute Gasteiger partial charge is 0.409 e. The number of oxime groups is 1. The molecule has 0 radical (unpaired) electrons. The predicted molar refractivity (Wildman–Crippen MR) is 95.6 cm³/mol. The molecule has 0 unspecified atom stereocenters. The van der Waals surface area contributed by atoms with Crippen molar-refractivity contribution in [2.24, 2.45) is 10.9 Å². The fourth-order valence-electron chi connectivity index (χ4n) is 2.42. The van der Waals surface area contributed by atoms with Gasteiger partial charge in [0.25, 0.3) is 0 Å². The zero-order valence-electron chi connectivity index (χ0n) is 14.5. The van der Waals surface area contributed by atoms with E-state index in [1.54, 1.807) is 25.1 Å². The quantitative estimate of drug-likeness (QED) is 0.309. The Morgan fingerprint density at radius 2 is 1.89 bits per heavy atom. The third-order valence-electron chi connectivity index (χ3n) is 3.93. The summed E-state index contributed by atoms with van der Waals surface area (Å²) < 4.78 is 63.2. The second kappa shape index (κ2) is 7.47. The predicted octanol–water partition coefficient (Wildman–Crippen LogP) is 3.12. The summed E-state index contributed by atoms with van der Waals surface area (Å²) in [5.74, 6) is -0.133. The third kappa shape index (κ3) is 4.91. The van der Waals surface area contributed by atoms with Crippen LogP contribution in [0.4, 0.5) is 18.9 Å². The molecule has 0 amide bonds. The van der Waals surface area contributed by atoms with E-state index in [1.807, 2.05) is 0 Å². The van der Waals surface area contributed by atoms with Gasteiger partial charge < -0.3 is 16.3 Å². The van der Waals surface area contributed by atoms with E-state index in [-0.39, 0.29) is 17.9 Å². The molecule has 0 saturated heterocycles. The number of nitrogens with two attached hydrogens (primary N) is 1. The minimum absolute atomic E-state index is 0.108. The number of amidine groups is 1. The molecule has 2 rings (SSSR count). The summed E-state index contributed by atoms with van der Waals surface area (Å²) in [4.78, 5) is -0.399. The van der Waals surface area contributed by atoms with Crippen LogP contribution in [0.15, 0.2) is 46.4 Å². The lowest BCUT2D eigenvalue weighted by atomic mass is 10.1. The molecule has 0 spiro atoms. The average Bonchev–Trinajstić information content (AvgIpc) is 2.58. The average molecular weight is 401 g/mol. The lowest BCUT2D eigenvalue weighted by Crippen LogP contribution is -2.15. The van der Waals surface area contributed by atoms with Gasteiger partial charge in [-0.15, -0.1) is 0 Å². The number of rotatable bonds is 5. The Labute approximate surface area is 154 Å². The van der Waals surface area contributed by atoms with Crippen molar-refractivity contribution in [1.82, 2.24) is 0 Å². The van der Waals surface area contributed by atoms with Crippen molar-refractivity contribution in [3.63, 3.8) is 0 Å². The van der Waals surface area contributed by atoms with Crippen LogP contribution < -0.4 is 11.1 Å². The van der Waals surface area contributed by atoms with Crippen molar-refractivity contribution in [3.05, 3.63) is 58.7 Å². The van der Waals surface area contributed by atoms with Crippen LogP contribution in [-0.4, -0.2) is 25.7 Å². The number of alkyl halides is 3. The topological polar surface area (TPSA) is 105 Å². The lowest BCUT2D eigenvalue weighted by molar-refractivity contribution is -0.138. The second-order valence-corrected chi connectivity index (χ2v) is 7.97. The Kier molecular flexibility index (Phi) is 5.69. The normalized spacial score (nSPS) is 12.9. The first kappa shape index (κ1) is 20.6. The fourth-order valence-corrected chi connectivity index (χ4v) is 3.07. The van der Waals surface area contributed by atoms with Gasteiger partial charge in [0.05, 0.1) is 10.5 Å². The first-order valence-corrected chi connectivity index (χ1v) is 9.55. The fraction of sp³-hybridized carbons (Fsp3) is 0.235. The van der Waals surface area contributed by atoms with Crippen molar-refractivity contribution in [2.45, 2.75) is 24.5 Å². The maximum atomic E-state index is 13.4. The number of sulfone groups is 1. The first-order valence-electron chi connectivity index (χ1n) is 7.66. The van der Waals surface area contributed by atoms with Gasteiger partial charge in [0.15, 0.2) is 15.7 Å². The highest BCUT2D eigenvalue weighted by molar-refractivity contribution is 7.90. The van der Waals surface area contributed by atoms with Gasteiger partial charge >= 0.3 is 6.18 Å². The number of halogens is 3. The largest absolute Gasteiger partial charge is 0.416 e. The molecule has 0 aliphatic heterocycles. The monoisotopic (exact) mass is 401 g/mol. The van der Waals surface area contributed by atoms with Crippen molar-refractivity contribution >= 4 is 21.4 Å². The summed E-state index contributed by atoms with van der Waals surface area (Å²) in [6.45, 7) is 1.55. The van der Waals surface area contributed by atoms with Crippen LogP contribution in [0.2, 0.25) is 0 Å². The first-order chi connectivity index (χ1) is 12.4. The highest BCUT2D eigenvalue weighted by Gasteiger charge is 2.34. The summed E-state index contributed by atoms with van der Waals surface area (Å²) >= 11 is 0. The number of benzene rings is 2. The molecular formula is C17H18F3N3O3S. The molecule has 2 aromatic carbocycles. The van der Waals surface area contributed by atoms with Crippen LogP contribution in [0.1, 0.15) is 22.3 Å². The van der Waals surface area contributed by atoms with E-state index in [9.17, 15) is 21.6 Å². The Balaban J connectivity index is 2.38. The summed E-state index contributed by atoms with van der Waals surface area (Å²) in [7, 11) is -3.77. The minimum Gasteiger partial charge on any atom is -0.409 e. The van der Waals surface area contributed by atoms with Crippen molar-refractivity contribution in [1.29, 1.82) is 0 Å². The highest BCUT2D eigenvalue weighted by atomic mass is 32.2. The molecule has 0 atom stereocenters. The number of nitrogens with one attached hydrogen (secondary N) is 1. The van der Waals surface area contributed by atoms with Crippen LogP contribution in [0.3, 0.4) is 0 Å². The molecule has 0 heterocycles. The maximum Gasteiger partial charge on any atom is 0.416 e. The maximum absolute atomic E-state index is 13.4. The van der Waals surface area contributed by atoms with Crippen molar-refractivity contribution < 1.29 is 26.8 Å². The molecule has 0 bridgehead atoms. The van der Waals surface area contributed by atoms with Gasteiger partial charge in [-0.25, -0.2) is 8.42 Å². The molecule has 10 heteroatoms. The molecule has 0 fully saturated rings. The van der Waals surface area contributed by atoms with E-state index >= 15 is 0 Å². The van der Waals surface area contributed by atoms with E-state index in [2.05, 4.69) is 10.5 Å². The van der Waals surface area contributed by atoms with Crippen LogP contribution in [0.25, 0.3) is 0 Å². The van der Waals surface area contributed by atoms with Gasteiger partial charge in [-0.1, -0.05) is 23.4 Å². The second-order valence-electron chi connectivity index (χ2n) is 5.96. The standard InChI is InChI=1S/C17H18F3N3O3S/c1-10-3-4-11(16(21)23-24)7-15(10)22-9-12-5-6-13(27(2,25)26)8-14(12)17(18,19)20/h3-8,22,24H,9H2,1-2H3,(H2,21,23). The number of nitrogens with zero attached hydrogens (tertiary/aromatic N) is 1. The Morgan fingerprint density at radius 3 is 2.44 bits per heavy atom. The molecule has 146 valence electrons. The molecule has 6 nitrogen and oxygen atoms in total. The molecular weight excluding hydrogens is 383 g/mol. The molecule has 4 N–H and O–H groups in total. The van der Waals surface area contributed by atoms with Crippen LogP contribution >= 0.6 is 0 Å². The Morgan fingerprint density at radius 1 is 1.22 bits per heavy atom. The molecule has 0 aromatic heterocycles. The number of aryl methyl sites for hydroxylation is 1.